The normalized spacial score (nSPS) is 24.1. The highest BCUT2D eigenvalue weighted by atomic mass is 16.6. The van der Waals surface area contributed by atoms with Crippen LogP contribution in [0.4, 0.5) is 0 Å². The van der Waals surface area contributed by atoms with Gasteiger partial charge in [-0.2, -0.15) is 0 Å². The van der Waals surface area contributed by atoms with E-state index in [1.807, 2.05) is 71.6 Å². The largest absolute Gasteiger partial charge is 0.488 e. The molecular formula is C24H24N2O3. The third-order valence-electron chi connectivity index (χ3n) is 5.87. The summed E-state index contributed by atoms with van der Waals surface area (Å²) in [6, 6.07) is 21.5. The van der Waals surface area contributed by atoms with Gasteiger partial charge >= 0.3 is 0 Å². The van der Waals surface area contributed by atoms with E-state index in [0.717, 1.165) is 42.5 Å². The van der Waals surface area contributed by atoms with Crippen LogP contribution in [0.25, 0.3) is 10.9 Å². The second-order valence-corrected chi connectivity index (χ2v) is 7.97. The third kappa shape index (κ3) is 3.70. The van der Waals surface area contributed by atoms with Crippen LogP contribution in [0.5, 0.6) is 5.75 Å². The number of rotatable bonds is 3. The van der Waals surface area contributed by atoms with E-state index in [4.69, 9.17) is 9.47 Å². The Hall–Kier alpha value is -2.92. The number of benzene rings is 2. The van der Waals surface area contributed by atoms with Crippen molar-refractivity contribution in [2.45, 2.75) is 31.0 Å². The number of piperidine rings is 1. The minimum atomic E-state index is -0.315. The maximum Gasteiger partial charge on any atom is 0.272 e. The van der Waals surface area contributed by atoms with Crippen LogP contribution in [-0.4, -0.2) is 47.2 Å². The van der Waals surface area contributed by atoms with Crippen molar-refractivity contribution in [3.63, 3.8) is 0 Å². The zero-order valence-corrected chi connectivity index (χ0v) is 16.3. The van der Waals surface area contributed by atoms with Gasteiger partial charge < -0.3 is 14.4 Å². The molecule has 2 aliphatic rings. The highest BCUT2D eigenvalue weighted by Gasteiger charge is 2.45. The number of ether oxygens (including phenoxy) is 2. The summed E-state index contributed by atoms with van der Waals surface area (Å²) in [7, 11) is 0. The van der Waals surface area contributed by atoms with E-state index in [1.54, 1.807) is 0 Å². The molecule has 0 aliphatic carbocycles. The topological polar surface area (TPSA) is 51.7 Å². The van der Waals surface area contributed by atoms with Crippen molar-refractivity contribution in [1.82, 2.24) is 9.88 Å². The van der Waals surface area contributed by atoms with Gasteiger partial charge in [0.25, 0.3) is 5.91 Å². The van der Waals surface area contributed by atoms with Gasteiger partial charge in [0.2, 0.25) is 0 Å². The summed E-state index contributed by atoms with van der Waals surface area (Å²) >= 11 is 0. The number of carbonyl (C=O) groups excluding carboxylic acids is 1. The Morgan fingerprint density at radius 3 is 2.79 bits per heavy atom. The Bertz CT molecular complexity index is 1020. The molecule has 0 N–H and O–H groups in total. The van der Waals surface area contributed by atoms with E-state index in [9.17, 15) is 4.79 Å². The molecule has 2 fully saturated rings. The number of para-hydroxylation sites is 2. The lowest BCUT2D eigenvalue weighted by molar-refractivity contribution is -0.0454. The van der Waals surface area contributed by atoms with Gasteiger partial charge in [-0.15, -0.1) is 0 Å². The first-order valence-corrected chi connectivity index (χ1v) is 10.2. The average molecular weight is 388 g/mol. The highest BCUT2D eigenvalue weighted by molar-refractivity contribution is 5.95. The molecule has 0 unspecified atom stereocenters. The Morgan fingerprint density at radius 2 is 1.90 bits per heavy atom. The Balaban J connectivity index is 1.29. The van der Waals surface area contributed by atoms with E-state index in [-0.39, 0.29) is 17.6 Å². The molecule has 3 heterocycles. The minimum Gasteiger partial charge on any atom is -0.488 e. The summed E-state index contributed by atoms with van der Waals surface area (Å²) in [5.41, 5.74) is 1.03. The van der Waals surface area contributed by atoms with Gasteiger partial charge in [0, 0.05) is 18.4 Å². The molecule has 0 saturated carbocycles. The SMILES string of the molecule is O=C(c1ccc2ccccc2n1)N1CCC[C@@]2(C[C@@H](Oc3ccccc3)CO2)C1. The monoisotopic (exact) mass is 388 g/mol. The number of hydrogen-bond acceptors (Lipinski definition) is 4. The summed E-state index contributed by atoms with van der Waals surface area (Å²) < 4.78 is 12.3. The number of carbonyl (C=O) groups is 1. The molecule has 5 rings (SSSR count). The van der Waals surface area contributed by atoms with Crippen molar-refractivity contribution >= 4 is 16.8 Å². The number of aromatic nitrogens is 1. The molecule has 2 aliphatic heterocycles. The lowest BCUT2D eigenvalue weighted by Crippen LogP contribution is -2.50. The van der Waals surface area contributed by atoms with Crippen LogP contribution in [0.1, 0.15) is 29.8 Å². The van der Waals surface area contributed by atoms with Gasteiger partial charge in [0.15, 0.2) is 0 Å². The van der Waals surface area contributed by atoms with E-state index in [2.05, 4.69) is 4.98 Å². The first-order valence-electron chi connectivity index (χ1n) is 10.2. The summed E-state index contributed by atoms with van der Waals surface area (Å²) in [5.74, 6) is 0.841. The number of hydrogen-bond donors (Lipinski definition) is 0. The minimum absolute atomic E-state index is 0.0197. The Kier molecular flexibility index (Phi) is 4.68. The molecule has 5 heteroatoms. The fourth-order valence-electron chi connectivity index (χ4n) is 4.47. The molecule has 2 aromatic carbocycles. The molecule has 2 saturated heterocycles. The quantitative estimate of drug-likeness (QED) is 0.679. The molecule has 0 radical (unpaired) electrons. The fourth-order valence-corrected chi connectivity index (χ4v) is 4.47. The smallest absolute Gasteiger partial charge is 0.272 e. The molecule has 5 nitrogen and oxygen atoms in total. The van der Waals surface area contributed by atoms with Crippen LogP contribution in [-0.2, 0) is 4.74 Å². The van der Waals surface area contributed by atoms with Crippen molar-refractivity contribution in [1.29, 1.82) is 0 Å². The van der Waals surface area contributed by atoms with E-state index in [0.29, 0.717) is 18.8 Å². The molecule has 0 bridgehead atoms. The van der Waals surface area contributed by atoms with Crippen LogP contribution < -0.4 is 4.74 Å². The van der Waals surface area contributed by atoms with Crippen LogP contribution in [0.2, 0.25) is 0 Å². The number of pyridine rings is 1. The number of fused-ring (bicyclic) bond motifs is 1. The van der Waals surface area contributed by atoms with E-state index >= 15 is 0 Å². The molecule has 1 amide bonds. The highest BCUT2D eigenvalue weighted by Crippen LogP contribution is 2.36. The standard InChI is InChI=1S/C24H24N2O3/c27-23(22-12-11-18-7-4-5-10-21(18)25-22)26-14-6-13-24(17-26)15-20(16-28-24)29-19-8-2-1-3-9-19/h1-5,7-12,20H,6,13-17H2/t20-,24-/m1/s1. The van der Waals surface area contributed by atoms with Gasteiger partial charge in [0.1, 0.15) is 17.5 Å². The third-order valence-corrected chi connectivity index (χ3v) is 5.87. The molecular weight excluding hydrogens is 364 g/mol. The second-order valence-electron chi connectivity index (χ2n) is 7.97. The number of amides is 1. The average Bonchev–Trinajstić information content (AvgIpc) is 3.15. The maximum atomic E-state index is 13.1. The number of nitrogens with zero attached hydrogens (tertiary/aromatic N) is 2. The van der Waals surface area contributed by atoms with Crippen molar-refractivity contribution in [2.24, 2.45) is 0 Å². The molecule has 29 heavy (non-hydrogen) atoms. The van der Waals surface area contributed by atoms with Crippen LogP contribution in [0.3, 0.4) is 0 Å². The molecule has 3 aromatic rings. The van der Waals surface area contributed by atoms with Crippen molar-refractivity contribution in [3.8, 4) is 5.75 Å². The summed E-state index contributed by atoms with van der Waals surface area (Å²) in [5, 5.41) is 1.04. The zero-order valence-electron chi connectivity index (χ0n) is 16.3. The second kappa shape index (κ2) is 7.48. The summed E-state index contributed by atoms with van der Waals surface area (Å²) in [6.07, 6.45) is 2.70. The summed E-state index contributed by atoms with van der Waals surface area (Å²) in [6.45, 7) is 1.89. The summed E-state index contributed by atoms with van der Waals surface area (Å²) in [4.78, 5) is 19.6. The molecule has 1 spiro atoms. The van der Waals surface area contributed by atoms with Gasteiger partial charge in [0.05, 0.1) is 24.3 Å². The molecule has 2 atom stereocenters. The van der Waals surface area contributed by atoms with Gasteiger partial charge in [-0.25, -0.2) is 4.98 Å². The van der Waals surface area contributed by atoms with Crippen LogP contribution in [0.15, 0.2) is 66.7 Å². The van der Waals surface area contributed by atoms with E-state index < -0.39 is 0 Å². The van der Waals surface area contributed by atoms with Gasteiger partial charge in [-0.05, 0) is 37.1 Å². The first-order chi connectivity index (χ1) is 14.2. The van der Waals surface area contributed by atoms with Crippen molar-refractivity contribution < 1.29 is 14.3 Å². The van der Waals surface area contributed by atoms with E-state index in [1.165, 1.54) is 0 Å². The lowest BCUT2D eigenvalue weighted by Gasteiger charge is -2.39. The van der Waals surface area contributed by atoms with Crippen LogP contribution in [0, 0.1) is 0 Å². The van der Waals surface area contributed by atoms with Crippen LogP contribution >= 0.6 is 0 Å². The van der Waals surface area contributed by atoms with Gasteiger partial charge in [-0.3, -0.25) is 4.79 Å². The zero-order chi connectivity index (χ0) is 19.7. The first kappa shape index (κ1) is 18.1. The lowest BCUT2D eigenvalue weighted by atomic mass is 9.89. The molecule has 1 aromatic heterocycles. The predicted molar refractivity (Wildman–Crippen MR) is 111 cm³/mol. The maximum absolute atomic E-state index is 13.1. The Morgan fingerprint density at radius 1 is 1.07 bits per heavy atom. The van der Waals surface area contributed by atoms with Crippen molar-refractivity contribution in [3.05, 3.63) is 72.4 Å². The van der Waals surface area contributed by atoms with Crippen molar-refractivity contribution in [2.75, 3.05) is 19.7 Å². The predicted octanol–water partition coefficient (Wildman–Crippen LogP) is 4.08. The Labute approximate surface area is 170 Å². The molecule has 148 valence electrons. The fraction of sp³-hybridized carbons (Fsp3) is 0.333. The van der Waals surface area contributed by atoms with Gasteiger partial charge in [-0.1, -0.05) is 42.5 Å². The number of likely N-dealkylation sites (tertiary alicyclic amines) is 1.